The molecule has 112 valence electrons. The third-order valence-corrected chi connectivity index (χ3v) is 4.24. The molecule has 0 bridgehead atoms. The quantitative estimate of drug-likeness (QED) is 0.908. The molecule has 0 radical (unpaired) electrons. The minimum atomic E-state index is -0.0310. The highest BCUT2D eigenvalue weighted by atomic mass is 16.5. The van der Waals surface area contributed by atoms with Gasteiger partial charge in [-0.3, -0.25) is 4.79 Å². The fourth-order valence-electron chi connectivity index (χ4n) is 2.99. The standard InChI is InChI=1S/C17H22N2O2/c1-2-13-16(21-11-12-7-9-18-10-8-12)14-5-3-4-6-15(14)19-17(13)20/h3-6,12,18H,2,7-11H2,1H3,(H,19,20). The van der Waals surface area contributed by atoms with Gasteiger partial charge in [-0.15, -0.1) is 0 Å². The summed E-state index contributed by atoms with van der Waals surface area (Å²) >= 11 is 0. The van der Waals surface area contributed by atoms with Gasteiger partial charge in [0.05, 0.1) is 17.7 Å². The molecule has 3 rings (SSSR count). The number of H-pyrrole nitrogens is 1. The molecule has 1 aliphatic rings. The monoisotopic (exact) mass is 286 g/mol. The van der Waals surface area contributed by atoms with Crippen molar-refractivity contribution in [1.82, 2.24) is 10.3 Å². The van der Waals surface area contributed by atoms with E-state index < -0.39 is 0 Å². The van der Waals surface area contributed by atoms with Crippen molar-refractivity contribution in [3.05, 3.63) is 40.2 Å². The molecule has 1 fully saturated rings. The molecule has 0 aliphatic carbocycles. The summed E-state index contributed by atoms with van der Waals surface area (Å²) in [7, 11) is 0. The van der Waals surface area contributed by atoms with Gasteiger partial charge in [-0.1, -0.05) is 19.1 Å². The largest absolute Gasteiger partial charge is 0.492 e. The molecule has 1 saturated heterocycles. The van der Waals surface area contributed by atoms with Crippen molar-refractivity contribution in [1.29, 1.82) is 0 Å². The Hall–Kier alpha value is -1.81. The number of aromatic nitrogens is 1. The summed E-state index contributed by atoms with van der Waals surface area (Å²) in [5, 5.41) is 4.37. The van der Waals surface area contributed by atoms with Crippen molar-refractivity contribution in [2.45, 2.75) is 26.2 Å². The third-order valence-electron chi connectivity index (χ3n) is 4.24. The van der Waals surface area contributed by atoms with Crippen LogP contribution in [0, 0.1) is 5.92 Å². The summed E-state index contributed by atoms with van der Waals surface area (Å²) in [6.45, 7) is 4.81. The number of hydrogen-bond acceptors (Lipinski definition) is 3. The van der Waals surface area contributed by atoms with Gasteiger partial charge in [0.15, 0.2) is 0 Å². The Morgan fingerprint density at radius 1 is 1.24 bits per heavy atom. The van der Waals surface area contributed by atoms with Gasteiger partial charge in [0.25, 0.3) is 5.56 Å². The first-order valence-corrected chi connectivity index (χ1v) is 7.77. The van der Waals surface area contributed by atoms with Crippen molar-refractivity contribution in [3.63, 3.8) is 0 Å². The number of rotatable bonds is 4. The molecule has 21 heavy (non-hydrogen) atoms. The van der Waals surface area contributed by atoms with Crippen LogP contribution in [0.3, 0.4) is 0 Å². The summed E-state index contributed by atoms with van der Waals surface area (Å²) in [5.74, 6) is 1.35. The van der Waals surface area contributed by atoms with Gasteiger partial charge >= 0.3 is 0 Å². The predicted molar refractivity (Wildman–Crippen MR) is 85.0 cm³/mol. The van der Waals surface area contributed by atoms with Crippen LogP contribution in [0.4, 0.5) is 0 Å². The van der Waals surface area contributed by atoms with Gasteiger partial charge in [-0.2, -0.15) is 0 Å². The van der Waals surface area contributed by atoms with Crippen LogP contribution in [0.25, 0.3) is 10.9 Å². The van der Waals surface area contributed by atoms with E-state index in [1.54, 1.807) is 0 Å². The van der Waals surface area contributed by atoms with Gasteiger partial charge in [0.2, 0.25) is 0 Å². The molecule has 4 heteroatoms. The lowest BCUT2D eigenvalue weighted by molar-refractivity contribution is 0.215. The highest BCUT2D eigenvalue weighted by molar-refractivity contribution is 5.86. The van der Waals surface area contributed by atoms with Crippen LogP contribution in [0.5, 0.6) is 5.75 Å². The molecular formula is C17H22N2O2. The van der Waals surface area contributed by atoms with E-state index >= 15 is 0 Å². The zero-order valence-electron chi connectivity index (χ0n) is 12.4. The van der Waals surface area contributed by atoms with Crippen LogP contribution < -0.4 is 15.6 Å². The molecule has 0 spiro atoms. The second-order valence-corrected chi connectivity index (χ2v) is 5.67. The molecule has 0 unspecified atom stereocenters. The van der Waals surface area contributed by atoms with E-state index in [0.717, 1.165) is 48.1 Å². The van der Waals surface area contributed by atoms with Gasteiger partial charge in [0.1, 0.15) is 5.75 Å². The Kier molecular flexibility index (Phi) is 4.25. The molecule has 2 heterocycles. The topological polar surface area (TPSA) is 54.1 Å². The summed E-state index contributed by atoms with van der Waals surface area (Å²) in [6.07, 6.45) is 2.97. The van der Waals surface area contributed by atoms with E-state index in [-0.39, 0.29) is 5.56 Å². The highest BCUT2D eigenvalue weighted by Gasteiger charge is 2.17. The van der Waals surface area contributed by atoms with Crippen LogP contribution in [0.1, 0.15) is 25.3 Å². The van der Waals surface area contributed by atoms with Crippen LogP contribution in [0.2, 0.25) is 0 Å². The molecule has 2 N–H and O–H groups in total. The molecule has 0 saturated carbocycles. The number of nitrogens with one attached hydrogen (secondary N) is 2. The number of aromatic amines is 1. The summed E-state index contributed by atoms with van der Waals surface area (Å²) in [6, 6.07) is 7.85. The lowest BCUT2D eigenvalue weighted by Crippen LogP contribution is -2.31. The Morgan fingerprint density at radius 2 is 2.00 bits per heavy atom. The van der Waals surface area contributed by atoms with E-state index in [9.17, 15) is 4.79 Å². The molecule has 1 aromatic carbocycles. The Morgan fingerprint density at radius 3 is 2.76 bits per heavy atom. The zero-order valence-corrected chi connectivity index (χ0v) is 12.4. The van der Waals surface area contributed by atoms with Crippen LogP contribution >= 0.6 is 0 Å². The molecule has 0 amide bonds. The van der Waals surface area contributed by atoms with Gasteiger partial charge < -0.3 is 15.0 Å². The van der Waals surface area contributed by atoms with Crippen LogP contribution in [-0.2, 0) is 6.42 Å². The first-order chi connectivity index (χ1) is 10.3. The fraction of sp³-hybridized carbons (Fsp3) is 0.471. The second kappa shape index (κ2) is 6.31. The van der Waals surface area contributed by atoms with E-state index in [1.165, 1.54) is 0 Å². The minimum absolute atomic E-state index is 0.0310. The fourth-order valence-corrected chi connectivity index (χ4v) is 2.99. The number of fused-ring (bicyclic) bond motifs is 1. The normalized spacial score (nSPS) is 16.2. The Balaban J connectivity index is 1.93. The zero-order chi connectivity index (χ0) is 14.7. The molecule has 1 aliphatic heterocycles. The average Bonchev–Trinajstić information content (AvgIpc) is 2.53. The molecule has 1 aromatic heterocycles. The van der Waals surface area contributed by atoms with E-state index in [2.05, 4.69) is 10.3 Å². The molecular weight excluding hydrogens is 264 g/mol. The van der Waals surface area contributed by atoms with Crippen molar-refractivity contribution >= 4 is 10.9 Å². The van der Waals surface area contributed by atoms with E-state index in [1.807, 2.05) is 31.2 Å². The Bertz CT molecular complexity index is 672. The third kappa shape index (κ3) is 2.95. The number of para-hydroxylation sites is 1. The number of ether oxygens (including phenoxy) is 1. The number of piperidine rings is 1. The number of pyridine rings is 1. The predicted octanol–water partition coefficient (Wildman–Crippen LogP) is 2.47. The average molecular weight is 286 g/mol. The van der Waals surface area contributed by atoms with E-state index in [0.29, 0.717) is 18.9 Å². The maximum absolute atomic E-state index is 12.2. The lowest BCUT2D eigenvalue weighted by Gasteiger charge is -2.23. The van der Waals surface area contributed by atoms with Crippen LogP contribution in [0.15, 0.2) is 29.1 Å². The maximum atomic E-state index is 12.2. The maximum Gasteiger partial charge on any atom is 0.255 e. The number of hydrogen-bond donors (Lipinski definition) is 2. The summed E-state index contributed by atoms with van der Waals surface area (Å²) in [4.78, 5) is 15.1. The second-order valence-electron chi connectivity index (χ2n) is 5.67. The first kappa shape index (κ1) is 14.1. The van der Waals surface area contributed by atoms with Crippen LogP contribution in [-0.4, -0.2) is 24.7 Å². The minimum Gasteiger partial charge on any atom is -0.492 e. The van der Waals surface area contributed by atoms with Crippen molar-refractivity contribution in [2.75, 3.05) is 19.7 Å². The molecule has 0 atom stereocenters. The Labute approximate surface area is 124 Å². The van der Waals surface area contributed by atoms with Gasteiger partial charge in [-0.05, 0) is 50.4 Å². The van der Waals surface area contributed by atoms with Crippen molar-refractivity contribution in [2.24, 2.45) is 5.92 Å². The first-order valence-electron chi connectivity index (χ1n) is 7.77. The number of benzene rings is 1. The highest BCUT2D eigenvalue weighted by Crippen LogP contribution is 2.27. The smallest absolute Gasteiger partial charge is 0.255 e. The molecule has 4 nitrogen and oxygen atoms in total. The summed E-state index contributed by atoms with van der Waals surface area (Å²) < 4.78 is 6.11. The summed E-state index contributed by atoms with van der Waals surface area (Å²) in [5.41, 5.74) is 1.57. The van der Waals surface area contributed by atoms with Gasteiger partial charge in [-0.25, -0.2) is 0 Å². The lowest BCUT2D eigenvalue weighted by atomic mass is 9.99. The SMILES string of the molecule is CCc1c(OCC2CCNCC2)c2ccccc2[nH]c1=O. The van der Waals surface area contributed by atoms with Gasteiger partial charge in [0, 0.05) is 5.39 Å². The van der Waals surface area contributed by atoms with Crippen molar-refractivity contribution < 1.29 is 4.74 Å². The van der Waals surface area contributed by atoms with Crippen molar-refractivity contribution in [3.8, 4) is 5.75 Å². The molecule has 2 aromatic rings. The van der Waals surface area contributed by atoms with E-state index in [4.69, 9.17) is 4.74 Å².